The van der Waals surface area contributed by atoms with E-state index in [0.717, 1.165) is 5.38 Å². The van der Waals surface area contributed by atoms with Gasteiger partial charge in [-0.3, -0.25) is 5.32 Å². The van der Waals surface area contributed by atoms with Crippen LogP contribution in [0, 0.1) is 0 Å². The average molecular weight is 372 g/mol. The minimum absolute atomic E-state index is 0.0153. The van der Waals surface area contributed by atoms with Crippen LogP contribution in [0.25, 0.3) is 0 Å². The Labute approximate surface area is 135 Å². The van der Waals surface area contributed by atoms with E-state index in [0.29, 0.717) is 11.3 Å². The monoisotopic (exact) mass is 372 g/mol. The Balaban J connectivity index is 1.92. The van der Waals surface area contributed by atoms with Crippen LogP contribution in [-0.4, -0.2) is 60.6 Å². The molecular weight excluding hydrogens is 357 g/mol. The van der Waals surface area contributed by atoms with Crippen molar-refractivity contribution in [3.8, 4) is 0 Å². The molecular formula is C11H15F3N4O3S2. The topological polar surface area (TPSA) is 82.6 Å². The van der Waals surface area contributed by atoms with Gasteiger partial charge in [0.2, 0.25) is 10.0 Å². The van der Waals surface area contributed by atoms with Crippen LogP contribution in [-0.2, 0) is 16.2 Å². The molecule has 1 aliphatic rings. The lowest BCUT2D eigenvalue weighted by atomic mass is 10.4. The van der Waals surface area contributed by atoms with Crippen molar-refractivity contribution in [3.63, 3.8) is 0 Å². The highest BCUT2D eigenvalue weighted by atomic mass is 32.2. The second-order valence-electron chi connectivity index (χ2n) is 4.75. The standard InChI is InChI=1S/C11H15F3N4O3S2/c1-2-23(20,21)18-5-3-17(4-6-18)10(19)16-9-15-8(7-22-9)11(12,13)14/h7H,2-6H2,1H3,(H,15,16,19). The van der Waals surface area contributed by atoms with E-state index in [-0.39, 0.29) is 37.1 Å². The van der Waals surface area contributed by atoms with E-state index < -0.39 is 27.9 Å². The summed E-state index contributed by atoms with van der Waals surface area (Å²) in [7, 11) is -3.30. The first-order valence-corrected chi connectivity index (χ1v) is 9.19. The summed E-state index contributed by atoms with van der Waals surface area (Å²) in [4.78, 5) is 16.6. The maximum absolute atomic E-state index is 12.4. The van der Waals surface area contributed by atoms with Gasteiger partial charge in [0.25, 0.3) is 0 Å². The number of amides is 2. The Kier molecular flexibility index (Phi) is 5.16. The molecule has 23 heavy (non-hydrogen) atoms. The number of aromatic nitrogens is 1. The maximum Gasteiger partial charge on any atom is 0.434 e. The number of anilines is 1. The fourth-order valence-corrected chi connectivity index (χ4v) is 3.78. The Morgan fingerprint density at radius 1 is 1.35 bits per heavy atom. The summed E-state index contributed by atoms with van der Waals surface area (Å²) in [6, 6.07) is -0.596. The van der Waals surface area contributed by atoms with Gasteiger partial charge in [-0.25, -0.2) is 18.2 Å². The van der Waals surface area contributed by atoms with Crippen LogP contribution >= 0.6 is 11.3 Å². The molecule has 2 amide bonds. The molecule has 2 heterocycles. The first kappa shape index (κ1) is 17.9. The van der Waals surface area contributed by atoms with Gasteiger partial charge in [0, 0.05) is 31.6 Å². The van der Waals surface area contributed by atoms with E-state index in [2.05, 4.69) is 10.3 Å². The number of nitrogens with zero attached hydrogens (tertiary/aromatic N) is 3. The van der Waals surface area contributed by atoms with Crippen LogP contribution in [0.4, 0.5) is 23.1 Å². The number of alkyl halides is 3. The third-order valence-corrected chi connectivity index (χ3v) is 5.93. The highest BCUT2D eigenvalue weighted by Gasteiger charge is 2.34. The Morgan fingerprint density at radius 3 is 2.43 bits per heavy atom. The summed E-state index contributed by atoms with van der Waals surface area (Å²) in [5.41, 5.74) is -1.06. The van der Waals surface area contributed by atoms with E-state index >= 15 is 0 Å². The number of hydrogen-bond donors (Lipinski definition) is 1. The van der Waals surface area contributed by atoms with Crippen molar-refractivity contribution in [3.05, 3.63) is 11.1 Å². The zero-order valence-corrected chi connectivity index (χ0v) is 13.8. The predicted octanol–water partition coefficient (Wildman–Crippen LogP) is 1.66. The van der Waals surface area contributed by atoms with E-state index in [9.17, 15) is 26.4 Å². The third kappa shape index (κ3) is 4.32. The number of rotatable bonds is 3. The number of piperazine rings is 1. The molecule has 2 rings (SSSR count). The minimum atomic E-state index is -4.56. The number of halogens is 3. The first-order chi connectivity index (χ1) is 10.6. The van der Waals surface area contributed by atoms with Gasteiger partial charge in [-0.05, 0) is 6.92 Å². The van der Waals surface area contributed by atoms with Gasteiger partial charge in [-0.1, -0.05) is 0 Å². The lowest BCUT2D eigenvalue weighted by molar-refractivity contribution is -0.140. The van der Waals surface area contributed by atoms with Gasteiger partial charge in [0.1, 0.15) is 0 Å². The molecule has 12 heteroatoms. The van der Waals surface area contributed by atoms with Crippen LogP contribution in [0.3, 0.4) is 0 Å². The normalized spacial score (nSPS) is 17.3. The van der Waals surface area contributed by atoms with Crippen molar-refractivity contribution in [1.29, 1.82) is 0 Å². The van der Waals surface area contributed by atoms with Gasteiger partial charge in [0.15, 0.2) is 10.8 Å². The zero-order chi connectivity index (χ0) is 17.3. The molecule has 7 nitrogen and oxygen atoms in total. The van der Waals surface area contributed by atoms with E-state index in [4.69, 9.17) is 0 Å². The minimum Gasteiger partial charge on any atom is -0.322 e. The van der Waals surface area contributed by atoms with Crippen LogP contribution in [0.5, 0.6) is 0 Å². The number of nitrogens with one attached hydrogen (secondary N) is 1. The van der Waals surface area contributed by atoms with E-state index in [1.165, 1.54) is 16.1 Å². The van der Waals surface area contributed by atoms with Gasteiger partial charge in [-0.2, -0.15) is 17.5 Å². The first-order valence-electron chi connectivity index (χ1n) is 6.70. The number of hydrogen-bond acceptors (Lipinski definition) is 5. The van der Waals surface area contributed by atoms with Crippen molar-refractivity contribution < 1.29 is 26.4 Å². The second kappa shape index (κ2) is 6.61. The van der Waals surface area contributed by atoms with Gasteiger partial charge < -0.3 is 4.90 Å². The van der Waals surface area contributed by atoms with Crippen LogP contribution in [0.1, 0.15) is 12.6 Å². The Morgan fingerprint density at radius 2 is 1.96 bits per heavy atom. The number of thiazole rings is 1. The largest absolute Gasteiger partial charge is 0.434 e. The number of carbonyl (C=O) groups excluding carboxylic acids is 1. The number of urea groups is 1. The molecule has 0 saturated carbocycles. The summed E-state index contributed by atoms with van der Waals surface area (Å²) in [5.74, 6) is -0.0153. The fourth-order valence-electron chi connectivity index (χ4n) is 1.98. The van der Waals surface area contributed by atoms with Gasteiger partial charge in [-0.15, -0.1) is 11.3 Å². The molecule has 0 aromatic carbocycles. The van der Waals surface area contributed by atoms with Crippen molar-refractivity contribution in [2.45, 2.75) is 13.1 Å². The Hall–Kier alpha value is -1.40. The van der Waals surface area contributed by atoms with Crippen molar-refractivity contribution in [2.75, 3.05) is 37.2 Å². The molecule has 1 aromatic rings. The van der Waals surface area contributed by atoms with Crippen LogP contribution < -0.4 is 5.32 Å². The highest BCUT2D eigenvalue weighted by molar-refractivity contribution is 7.89. The summed E-state index contributed by atoms with van der Waals surface area (Å²) in [5, 5.41) is 2.97. The summed E-state index contributed by atoms with van der Waals surface area (Å²) in [6.07, 6.45) is -4.56. The van der Waals surface area contributed by atoms with Crippen molar-refractivity contribution in [2.24, 2.45) is 0 Å². The highest BCUT2D eigenvalue weighted by Crippen LogP contribution is 2.31. The zero-order valence-electron chi connectivity index (χ0n) is 12.1. The predicted molar refractivity (Wildman–Crippen MR) is 78.7 cm³/mol. The lowest BCUT2D eigenvalue weighted by Gasteiger charge is -2.33. The molecule has 0 aliphatic carbocycles. The SMILES string of the molecule is CCS(=O)(=O)N1CCN(C(=O)Nc2nc(C(F)(F)F)cs2)CC1. The van der Waals surface area contributed by atoms with E-state index in [1.54, 1.807) is 0 Å². The molecule has 1 aromatic heterocycles. The lowest BCUT2D eigenvalue weighted by Crippen LogP contribution is -2.51. The van der Waals surface area contributed by atoms with E-state index in [1.807, 2.05) is 0 Å². The molecule has 1 saturated heterocycles. The third-order valence-electron chi connectivity index (χ3n) is 3.29. The molecule has 130 valence electrons. The molecule has 1 aliphatic heterocycles. The number of sulfonamides is 1. The molecule has 1 N–H and O–H groups in total. The smallest absolute Gasteiger partial charge is 0.322 e. The summed E-state index contributed by atoms with van der Waals surface area (Å²) in [6.45, 7) is 2.20. The molecule has 0 atom stereocenters. The molecule has 0 unspecified atom stereocenters. The number of carbonyl (C=O) groups is 1. The second-order valence-corrected chi connectivity index (χ2v) is 7.87. The molecule has 0 spiro atoms. The average Bonchev–Trinajstić information content (AvgIpc) is 2.96. The molecule has 1 fully saturated rings. The van der Waals surface area contributed by atoms with Crippen LogP contribution in [0.2, 0.25) is 0 Å². The fraction of sp³-hybridized carbons (Fsp3) is 0.636. The van der Waals surface area contributed by atoms with Crippen molar-refractivity contribution >= 4 is 32.5 Å². The maximum atomic E-state index is 12.4. The molecule has 0 bridgehead atoms. The summed E-state index contributed by atoms with van der Waals surface area (Å²) < 4.78 is 62.0. The van der Waals surface area contributed by atoms with Gasteiger partial charge >= 0.3 is 12.2 Å². The van der Waals surface area contributed by atoms with Gasteiger partial charge in [0.05, 0.1) is 5.75 Å². The Bertz CT molecular complexity index is 666. The van der Waals surface area contributed by atoms with Crippen LogP contribution in [0.15, 0.2) is 5.38 Å². The summed E-state index contributed by atoms with van der Waals surface area (Å²) >= 11 is 0.681. The van der Waals surface area contributed by atoms with Crippen molar-refractivity contribution in [1.82, 2.24) is 14.2 Å². The quantitative estimate of drug-likeness (QED) is 0.875. The molecule has 0 radical (unpaired) electrons.